The first-order valence-electron chi connectivity index (χ1n) is 30.9. The minimum absolute atomic E-state index is 0.383. The minimum atomic E-state index is -0.982. The maximum atomic E-state index is 2.52. The molecular formula is C84H76N4. The predicted octanol–water partition coefficient (Wildman–Crippen LogP) is 23.1. The molecule has 4 heteroatoms. The summed E-state index contributed by atoms with van der Waals surface area (Å²) in [6, 6.07) is 105. The van der Waals surface area contributed by atoms with Crippen molar-refractivity contribution in [3.05, 3.63) is 357 Å². The lowest BCUT2D eigenvalue weighted by Gasteiger charge is -2.49. The molecule has 432 valence electrons. The fourth-order valence-corrected chi connectivity index (χ4v) is 13.9. The quantitative estimate of drug-likeness (QED) is 0.108. The molecule has 0 bridgehead atoms. The van der Waals surface area contributed by atoms with Crippen LogP contribution in [0, 0.1) is 55.4 Å². The molecule has 0 atom stereocenters. The number of benzene rings is 12. The number of aryl methyl sites for hydroxylation is 8. The van der Waals surface area contributed by atoms with E-state index in [2.05, 4.69) is 368 Å². The van der Waals surface area contributed by atoms with Crippen LogP contribution in [0.5, 0.6) is 0 Å². The first-order chi connectivity index (χ1) is 42.6. The molecule has 0 saturated heterocycles. The Kier molecular flexibility index (Phi) is 15.1. The molecule has 12 aromatic rings. The second-order valence-electron chi connectivity index (χ2n) is 25.0. The normalized spacial score (nSPS) is 12.8. The largest absolute Gasteiger partial charge is 0.310 e. The highest BCUT2D eigenvalue weighted by atomic mass is 15.2. The van der Waals surface area contributed by atoms with Gasteiger partial charge in [-0.05, 0) is 267 Å². The van der Waals surface area contributed by atoms with Crippen LogP contribution in [0.3, 0.4) is 0 Å². The van der Waals surface area contributed by atoms with E-state index in [1.54, 1.807) is 0 Å². The summed E-state index contributed by atoms with van der Waals surface area (Å²) in [6.45, 7) is 22.4. The van der Waals surface area contributed by atoms with E-state index in [0.717, 1.165) is 79.4 Å². The average Bonchev–Trinajstić information content (AvgIpc) is 0.698. The van der Waals surface area contributed by atoms with Gasteiger partial charge in [0.05, 0.1) is 5.41 Å². The van der Waals surface area contributed by atoms with E-state index in [1.165, 1.54) is 66.8 Å². The van der Waals surface area contributed by atoms with Crippen molar-refractivity contribution in [1.82, 2.24) is 0 Å². The van der Waals surface area contributed by atoms with Crippen LogP contribution in [0.1, 0.15) is 91.7 Å². The Morgan fingerprint density at radius 2 is 0.386 bits per heavy atom. The van der Waals surface area contributed by atoms with Gasteiger partial charge in [-0.15, -0.1) is 0 Å². The van der Waals surface area contributed by atoms with Crippen molar-refractivity contribution < 1.29 is 0 Å². The summed E-state index contributed by atoms with van der Waals surface area (Å²) >= 11 is 0. The van der Waals surface area contributed by atoms with Gasteiger partial charge in [0.1, 0.15) is 0 Å². The van der Waals surface area contributed by atoms with Crippen molar-refractivity contribution in [2.24, 2.45) is 0 Å². The second-order valence-corrected chi connectivity index (χ2v) is 25.0. The standard InChI is InChI=1S/C84H76N4/c1-57-23-15-31-67(43-57)85(68-32-16-24-58(2)44-68)75-51-65(52-76(55-75)86(69-33-17-25-59(3)45-69)70-34-18-26-60(4)46-70)84(81-41-13-11-39-79(81)83(9,10)80-40-12-14-42-82(80)84)66-53-77(87(71-35-19-27-61(5)47-71)72-36-20-28-62(6)48-72)56-78(54-66)88(73-37-21-29-63(7)49-73)74-38-22-30-64(8)50-74/h11-56H,1-10H3. The molecule has 12 aromatic carbocycles. The van der Waals surface area contributed by atoms with Gasteiger partial charge in [0, 0.05) is 73.7 Å². The zero-order valence-electron chi connectivity index (χ0n) is 52.3. The maximum absolute atomic E-state index is 2.52. The summed E-state index contributed by atoms with van der Waals surface area (Å²) < 4.78 is 0. The predicted molar refractivity (Wildman–Crippen MR) is 374 cm³/mol. The Bertz CT molecular complexity index is 3890. The topological polar surface area (TPSA) is 13.0 Å². The zero-order chi connectivity index (χ0) is 60.8. The van der Waals surface area contributed by atoms with E-state index in [1.807, 2.05) is 0 Å². The molecule has 1 aliphatic rings. The molecule has 4 nitrogen and oxygen atoms in total. The van der Waals surface area contributed by atoms with Gasteiger partial charge in [-0.1, -0.05) is 159 Å². The molecule has 1 aliphatic carbocycles. The van der Waals surface area contributed by atoms with E-state index in [-0.39, 0.29) is 5.41 Å². The van der Waals surface area contributed by atoms with E-state index >= 15 is 0 Å². The molecule has 0 heterocycles. The Hall–Kier alpha value is -10.2. The van der Waals surface area contributed by atoms with Crippen molar-refractivity contribution in [1.29, 1.82) is 0 Å². The Morgan fingerprint density at radius 1 is 0.193 bits per heavy atom. The summed E-state index contributed by atoms with van der Waals surface area (Å²) in [4.78, 5) is 9.91. The average molecular weight is 1140 g/mol. The van der Waals surface area contributed by atoms with E-state index in [9.17, 15) is 0 Å². The molecule has 0 spiro atoms. The van der Waals surface area contributed by atoms with Gasteiger partial charge in [-0.3, -0.25) is 0 Å². The lowest BCUT2D eigenvalue weighted by atomic mass is 9.54. The van der Waals surface area contributed by atoms with Gasteiger partial charge in [0.15, 0.2) is 0 Å². The zero-order valence-corrected chi connectivity index (χ0v) is 52.3. The number of fused-ring (bicyclic) bond motifs is 2. The third-order valence-corrected chi connectivity index (χ3v) is 17.8. The molecule has 0 aliphatic heterocycles. The monoisotopic (exact) mass is 1140 g/mol. The lowest BCUT2D eigenvalue weighted by molar-refractivity contribution is 0.558. The number of nitrogens with zero attached hydrogens (tertiary/aromatic N) is 4. The molecule has 0 unspecified atom stereocenters. The van der Waals surface area contributed by atoms with Crippen LogP contribution in [-0.2, 0) is 10.8 Å². The highest BCUT2D eigenvalue weighted by Gasteiger charge is 2.50. The minimum Gasteiger partial charge on any atom is -0.310 e. The van der Waals surface area contributed by atoms with Crippen molar-refractivity contribution >= 4 is 68.2 Å². The molecule has 0 amide bonds. The SMILES string of the molecule is Cc1cccc(N(c2cccc(C)c2)c2cc(N(c3cccc(C)c3)c3cccc(C)c3)cc(C3(c4cc(N(c5cccc(C)c5)c5cccc(C)c5)cc(N(c5cccc(C)c5)c5cccc(C)c5)c4)c4ccccc4C(C)(C)c4ccccc43)c2)c1. The fraction of sp³-hybridized carbons (Fsp3) is 0.143. The summed E-state index contributed by atoms with van der Waals surface area (Å²) in [5, 5.41) is 0. The van der Waals surface area contributed by atoms with Crippen molar-refractivity contribution in [3.8, 4) is 0 Å². The van der Waals surface area contributed by atoms with Crippen LogP contribution in [-0.4, -0.2) is 0 Å². The first kappa shape index (κ1) is 56.9. The number of rotatable bonds is 14. The van der Waals surface area contributed by atoms with Crippen LogP contribution < -0.4 is 19.6 Å². The van der Waals surface area contributed by atoms with Gasteiger partial charge < -0.3 is 19.6 Å². The Morgan fingerprint density at radius 3 is 0.580 bits per heavy atom. The van der Waals surface area contributed by atoms with Crippen molar-refractivity contribution in [3.63, 3.8) is 0 Å². The molecule has 88 heavy (non-hydrogen) atoms. The Labute approximate surface area is 521 Å². The molecule has 0 radical (unpaired) electrons. The second kappa shape index (κ2) is 23.3. The van der Waals surface area contributed by atoms with Gasteiger partial charge >= 0.3 is 0 Å². The highest BCUT2D eigenvalue weighted by molar-refractivity contribution is 5.89. The van der Waals surface area contributed by atoms with Gasteiger partial charge in [0.25, 0.3) is 0 Å². The first-order valence-corrected chi connectivity index (χ1v) is 30.9. The molecule has 13 rings (SSSR count). The van der Waals surface area contributed by atoms with Gasteiger partial charge in [0.2, 0.25) is 0 Å². The van der Waals surface area contributed by atoms with Gasteiger partial charge in [-0.2, -0.15) is 0 Å². The number of hydrogen-bond acceptors (Lipinski definition) is 4. The number of anilines is 12. The van der Waals surface area contributed by atoms with E-state index in [0.29, 0.717) is 0 Å². The van der Waals surface area contributed by atoms with Crippen molar-refractivity contribution in [2.75, 3.05) is 19.6 Å². The summed E-state index contributed by atoms with van der Waals surface area (Å²) in [5.41, 5.74) is 28.1. The van der Waals surface area contributed by atoms with Crippen molar-refractivity contribution in [2.45, 2.75) is 80.1 Å². The highest BCUT2D eigenvalue weighted by Crippen LogP contribution is 2.59. The maximum Gasteiger partial charge on any atom is 0.0710 e. The summed E-state index contributed by atoms with van der Waals surface area (Å²) in [7, 11) is 0. The smallest absolute Gasteiger partial charge is 0.0710 e. The van der Waals surface area contributed by atoms with Crippen LogP contribution >= 0.6 is 0 Å². The van der Waals surface area contributed by atoms with E-state index in [4.69, 9.17) is 0 Å². The third-order valence-electron chi connectivity index (χ3n) is 17.8. The van der Waals surface area contributed by atoms with Crippen LogP contribution in [0.2, 0.25) is 0 Å². The fourth-order valence-electron chi connectivity index (χ4n) is 13.9. The summed E-state index contributed by atoms with van der Waals surface area (Å²) in [6.07, 6.45) is 0. The summed E-state index contributed by atoms with van der Waals surface area (Å²) in [5.74, 6) is 0. The van der Waals surface area contributed by atoms with Crippen LogP contribution in [0.4, 0.5) is 68.2 Å². The third kappa shape index (κ3) is 10.6. The molecule has 0 fully saturated rings. The molecule has 0 aromatic heterocycles. The van der Waals surface area contributed by atoms with E-state index < -0.39 is 5.41 Å². The molecule has 0 N–H and O–H groups in total. The van der Waals surface area contributed by atoms with Crippen LogP contribution in [0.15, 0.2) is 279 Å². The molecule has 0 saturated carbocycles. The Balaban J connectivity index is 1.25. The lowest BCUT2D eigenvalue weighted by Crippen LogP contribution is -2.42. The van der Waals surface area contributed by atoms with Crippen LogP contribution in [0.25, 0.3) is 0 Å². The van der Waals surface area contributed by atoms with Gasteiger partial charge in [-0.25, -0.2) is 0 Å². The molecular weight excluding hydrogens is 1060 g/mol. The number of hydrogen-bond donors (Lipinski definition) is 0.